The highest BCUT2D eigenvalue weighted by Crippen LogP contribution is 2.34. The van der Waals surface area contributed by atoms with Gasteiger partial charge in [0.1, 0.15) is 5.82 Å². The molecule has 1 unspecified atom stereocenters. The zero-order chi connectivity index (χ0) is 11.7. The number of nitrogens with zero attached hydrogens (tertiary/aromatic N) is 1. The average Bonchev–Trinajstić information content (AvgIpc) is 2.97. The van der Waals surface area contributed by atoms with Crippen molar-refractivity contribution in [2.45, 2.75) is 12.5 Å². The Morgan fingerprint density at radius 1 is 1.35 bits per heavy atom. The lowest BCUT2D eigenvalue weighted by Crippen LogP contribution is -2.03. The first-order chi connectivity index (χ1) is 8.33. The molecule has 3 rings (SSSR count). The third-order valence-electron chi connectivity index (χ3n) is 2.72. The molecule has 5 heteroatoms. The molecule has 0 fully saturated rings. The highest BCUT2D eigenvalue weighted by molar-refractivity contribution is 5.45. The molecule has 2 aromatic rings. The molecule has 0 saturated heterocycles. The molecule has 0 amide bonds. The van der Waals surface area contributed by atoms with Gasteiger partial charge in [0.05, 0.1) is 6.10 Å². The molecule has 1 aliphatic rings. The Balaban J connectivity index is 1.79. The summed E-state index contributed by atoms with van der Waals surface area (Å²) in [5, 5.41) is 10.1. The van der Waals surface area contributed by atoms with E-state index >= 15 is 0 Å². The number of H-pyrrole nitrogens is 1. The predicted octanol–water partition coefficient (Wildman–Crippen LogP) is 1.41. The second-order valence-corrected chi connectivity index (χ2v) is 3.87. The number of aromatic nitrogens is 2. The van der Waals surface area contributed by atoms with Gasteiger partial charge in [-0.3, -0.25) is 0 Å². The Morgan fingerprint density at radius 2 is 2.24 bits per heavy atom. The summed E-state index contributed by atoms with van der Waals surface area (Å²) in [6, 6.07) is 5.44. The van der Waals surface area contributed by atoms with Gasteiger partial charge in [0.25, 0.3) is 0 Å². The summed E-state index contributed by atoms with van der Waals surface area (Å²) in [4.78, 5) is 7.05. The smallest absolute Gasteiger partial charge is 0.231 e. The standard InChI is InChI=1S/C12H12N2O3/c15-9(6-12-13-3-4-14-12)8-1-2-10-11(5-8)17-7-16-10/h1-5,9,15H,6-7H2,(H,13,14). The van der Waals surface area contributed by atoms with Gasteiger partial charge >= 0.3 is 0 Å². The van der Waals surface area contributed by atoms with E-state index in [1.54, 1.807) is 18.5 Å². The fraction of sp³-hybridized carbons (Fsp3) is 0.250. The predicted molar refractivity (Wildman–Crippen MR) is 59.8 cm³/mol. The van der Waals surface area contributed by atoms with Crippen molar-refractivity contribution in [2.75, 3.05) is 6.79 Å². The quantitative estimate of drug-likeness (QED) is 0.839. The van der Waals surface area contributed by atoms with Gasteiger partial charge in [-0.25, -0.2) is 4.98 Å². The molecule has 0 aliphatic carbocycles. The van der Waals surface area contributed by atoms with E-state index in [1.165, 1.54) is 0 Å². The zero-order valence-corrected chi connectivity index (χ0v) is 9.09. The molecule has 88 valence electrons. The van der Waals surface area contributed by atoms with Gasteiger partial charge in [-0.2, -0.15) is 0 Å². The number of aromatic amines is 1. The maximum Gasteiger partial charge on any atom is 0.231 e. The lowest BCUT2D eigenvalue weighted by Gasteiger charge is -2.09. The lowest BCUT2D eigenvalue weighted by molar-refractivity contribution is 0.170. The van der Waals surface area contributed by atoms with Crippen LogP contribution in [0.5, 0.6) is 11.5 Å². The van der Waals surface area contributed by atoms with E-state index in [2.05, 4.69) is 9.97 Å². The van der Waals surface area contributed by atoms with E-state index in [4.69, 9.17) is 9.47 Å². The number of nitrogens with one attached hydrogen (secondary N) is 1. The van der Waals surface area contributed by atoms with Gasteiger partial charge in [-0.05, 0) is 17.7 Å². The largest absolute Gasteiger partial charge is 0.454 e. The number of aliphatic hydroxyl groups is 1. The molecule has 1 atom stereocenters. The van der Waals surface area contributed by atoms with Crippen molar-refractivity contribution in [3.63, 3.8) is 0 Å². The normalized spacial score (nSPS) is 14.9. The monoisotopic (exact) mass is 232 g/mol. The molecular formula is C12H12N2O3. The van der Waals surface area contributed by atoms with Crippen LogP contribution >= 0.6 is 0 Å². The highest BCUT2D eigenvalue weighted by Gasteiger charge is 2.17. The molecule has 0 bridgehead atoms. The number of rotatable bonds is 3. The number of hydrogen-bond acceptors (Lipinski definition) is 4. The van der Waals surface area contributed by atoms with Crippen LogP contribution in [0.3, 0.4) is 0 Å². The fourth-order valence-corrected chi connectivity index (χ4v) is 1.83. The molecule has 1 aliphatic heterocycles. The zero-order valence-electron chi connectivity index (χ0n) is 9.09. The summed E-state index contributed by atoms with van der Waals surface area (Å²) in [5.41, 5.74) is 0.797. The Morgan fingerprint density at radius 3 is 3.06 bits per heavy atom. The van der Waals surface area contributed by atoms with Crippen molar-refractivity contribution < 1.29 is 14.6 Å². The Bertz CT molecular complexity index is 510. The van der Waals surface area contributed by atoms with Crippen molar-refractivity contribution >= 4 is 0 Å². The van der Waals surface area contributed by atoms with Gasteiger partial charge in [0, 0.05) is 18.8 Å². The molecule has 2 N–H and O–H groups in total. The molecule has 17 heavy (non-hydrogen) atoms. The van der Waals surface area contributed by atoms with Crippen molar-refractivity contribution in [1.29, 1.82) is 0 Å². The van der Waals surface area contributed by atoms with Gasteiger partial charge in [0.2, 0.25) is 6.79 Å². The number of imidazole rings is 1. The van der Waals surface area contributed by atoms with Crippen LogP contribution in [0.1, 0.15) is 17.5 Å². The van der Waals surface area contributed by atoms with Crippen molar-refractivity contribution in [3.05, 3.63) is 42.0 Å². The van der Waals surface area contributed by atoms with Crippen LogP contribution in [0.15, 0.2) is 30.6 Å². The van der Waals surface area contributed by atoms with Crippen LogP contribution in [-0.2, 0) is 6.42 Å². The maximum absolute atomic E-state index is 10.1. The SMILES string of the molecule is OC(Cc1ncc[nH]1)c1ccc2c(c1)OCO2. The summed E-state index contributed by atoms with van der Waals surface area (Å²) in [6.45, 7) is 0.243. The van der Waals surface area contributed by atoms with Gasteiger partial charge in [0.15, 0.2) is 11.5 Å². The van der Waals surface area contributed by atoms with Crippen molar-refractivity contribution in [3.8, 4) is 11.5 Å². The minimum atomic E-state index is -0.601. The van der Waals surface area contributed by atoms with E-state index in [1.807, 2.05) is 12.1 Å². The van der Waals surface area contributed by atoms with Crippen LogP contribution in [0.4, 0.5) is 0 Å². The summed E-state index contributed by atoms with van der Waals surface area (Å²) in [6.07, 6.45) is 3.26. The second-order valence-electron chi connectivity index (χ2n) is 3.87. The molecule has 1 aromatic heterocycles. The molecular weight excluding hydrogens is 220 g/mol. The molecule has 0 saturated carbocycles. The third-order valence-corrected chi connectivity index (χ3v) is 2.72. The van der Waals surface area contributed by atoms with E-state index in [9.17, 15) is 5.11 Å². The van der Waals surface area contributed by atoms with Crippen LogP contribution in [0.2, 0.25) is 0 Å². The first-order valence-corrected chi connectivity index (χ1v) is 5.39. The van der Waals surface area contributed by atoms with E-state index in [0.717, 1.165) is 17.1 Å². The number of aliphatic hydroxyl groups excluding tert-OH is 1. The molecule has 5 nitrogen and oxygen atoms in total. The summed E-state index contributed by atoms with van der Waals surface area (Å²) in [5.74, 6) is 2.16. The highest BCUT2D eigenvalue weighted by atomic mass is 16.7. The van der Waals surface area contributed by atoms with Crippen LogP contribution in [0, 0.1) is 0 Å². The second kappa shape index (κ2) is 4.10. The Hall–Kier alpha value is -2.01. The van der Waals surface area contributed by atoms with Gasteiger partial charge < -0.3 is 19.6 Å². The van der Waals surface area contributed by atoms with Crippen LogP contribution in [0.25, 0.3) is 0 Å². The van der Waals surface area contributed by atoms with E-state index < -0.39 is 6.10 Å². The van der Waals surface area contributed by atoms with Crippen LogP contribution < -0.4 is 9.47 Å². The first kappa shape index (κ1) is 10.2. The average molecular weight is 232 g/mol. The van der Waals surface area contributed by atoms with Crippen LogP contribution in [-0.4, -0.2) is 21.9 Å². The van der Waals surface area contributed by atoms with Crippen molar-refractivity contribution in [1.82, 2.24) is 9.97 Å². The maximum atomic E-state index is 10.1. The lowest BCUT2D eigenvalue weighted by atomic mass is 10.1. The van der Waals surface area contributed by atoms with Gasteiger partial charge in [-0.1, -0.05) is 6.07 Å². The number of hydrogen-bond donors (Lipinski definition) is 2. The third kappa shape index (κ3) is 1.97. The Kier molecular flexibility index (Phi) is 2.45. The molecule has 2 heterocycles. The van der Waals surface area contributed by atoms with Gasteiger partial charge in [-0.15, -0.1) is 0 Å². The topological polar surface area (TPSA) is 67.4 Å². The molecule has 0 radical (unpaired) electrons. The number of ether oxygens (including phenoxy) is 2. The minimum Gasteiger partial charge on any atom is -0.454 e. The minimum absolute atomic E-state index is 0.243. The summed E-state index contributed by atoms with van der Waals surface area (Å²) >= 11 is 0. The molecule has 0 spiro atoms. The first-order valence-electron chi connectivity index (χ1n) is 5.39. The molecule has 1 aromatic carbocycles. The van der Waals surface area contributed by atoms with E-state index in [0.29, 0.717) is 12.2 Å². The summed E-state index contributed by atoms with van der Waals surface area (Å²) in [7, 11) is 0. The summed E-state index contributed by atoms with van der Waals surface area (Å²) < 4.78 is 10.5. The fourth-order valence-electron chi connectivity index (χ4n) is 1.83. The van der Waals surface area contributed by atoms with Crippen molar-refractivity contribution in [2.24, 2.45) is 0 Å². The number of benzene rings is 1. The Labute approximate surface area is 98.0 Å². The number of fused-ring (bicyclic) bond motifs is 1. The van der Waals surface area contributed by atoms with E-state index in [-0.39, 0.29) is 6.79 Å².